The highest BCUT2D eigenvalue weighted by molar-refractivity contribution is 7.89. The van der Waals surface area contributed by atoms with E-state index in [9.17, 15) is 8.42 Å². The Hall–Kier alpha value is -2.07. The zero-order valence-corrected chi connectivity index (χ0v) is 17.4. The third-order valence-electron chi connectivity index (χ3n) is 3.89. The minimum atomic E-state index is -3.44. The van der Waals surface area contributed by atoms with Crippen LogP contribution in [-0.2, 0) is 10.0 Å². The normalized spacial score (nSPS) is 12.1. The number of thiophene rings is 1. The summed E-state index contributed by atoms with van der Waals surface area (Å²) in [5.74, 6) is 0. The van der Waals surface area contributed by atoms with Crippen molar-refractivity contribution in [3.05, 3.63) is 52.0 Å². The number of hydrogen-bond donors (Lipinski definition) is 1. The predicted octanol–water partition coefficient (Wildman–Crippen LogP) is 4.35. The van der Waals surface area contributed by atoms with Crippen LogP contribution in [0.15, 0.2) is 57.2 Å². The molecule has 2 heterocycles. The number of hydrazone groups is 1. The van der Waals surface area contributed by atoms with Gasteiger partial charge in [0.05, 0.1) is 16.8 Å². The van der Waals surface area contributed by atoms with Crippen LogP contribution in [0.3, 0.4) is 0 Å². The molecule has 0 bridgehead atoms. The molecule has 6 nitrogen and oxygen atoms in total. The maximum Gasteiger partial charge on any atom is 0.243 e. The van der Waals surface area contributed by atoms with Crippen LogP contribution in [0.5, 0.6) is 0 Å². The number of nitrogens with zero attached hydrogens (tertiary/aromatic N) is 3. The lowest BCUT2D eigenvalue weighted by atomic mass is 10.2. The molecule has 0 radical (unpaired) electrons. The lowest BCUT2D eigenvalue weighted by molar-refractivity contribution is 0.445. The Morgan fingerprint density at radius 2 is 1.89 bits per heavy atom. The van der Waals surface area contributed by atoms with Gasteiger partial charge < -0.3 is 0 Å². The van der Waals surface area contributed by atoms with Gasteiger partial charge in [0.25, 0.3) is 0 Å². The summed E-state index contributed by atoms with van der Waals surface area (Å²) in [4.78, 5) is 5.85. The fourth-order valence-corrected chi connectivity index (χ4v) is 5.20. The van der Waals surface area contributed by atoms with Crippen molar-refractivity contribution in [3.8, 4) is 11.3 Å². The van der Waals surface area contributed by atoms with Gasteiger partial charge in [0.2, 0.25) is 15.2 Å². The molecule has 2 aromatic heterocycles. The van der Waals surface area contributed by atoms with E-state index in [1.165, 1.54) is 15.6 Å². The molecule has 0 amide bonds. The molecule has 0 aliphatic heterocycles. The molecule has 0 unspecified atom stereocenters. The first-order valence-corrected chi connectivity index (χ1v) is 11.6. The second kappa shape index (κ2) is 8.75. The van der Waals surface area contributed by atoms with E-state index >= 15 is 0 Å². The summed E-state index contributed by atoms with van der Waals surface area (Å²) in [6.07, 6.45) is 1.75. The van der Waals surface area contributed by atoms with Gasteiger partial charge in [0.15, 0.2) is 0 Å². The lowest BCUT2D eigenvalue weighted by Crippen LogP contribution is -2.30. The van der Waals surface area contributed by atoms with Crippen molar-refractivity contribution in [1.82, 2.24) is 9.29 Å². The van der Waals surface area contributed by atoms with Crippen molar-refractivity contribution < 1.29 is 8.42 Å². The number of rotatable bonds is 8. The van der Waals surface area contributed by atoms with Gasteiger partial charge >= 0.3 is 0 Å². The Morgan fingerprint density at radius 1 is 1.15 bits per heavy atom. The number of anilines is 1. The molecule has 27 heavy (non-hydrogen) atoms. The second-order valence-electron chi connectivity index (χ2n) is 5.54. The number of aromatic nitrogens is 1. The van der Waals surface area contributed by atoms with E-state index in [2.05, 4.69) is 15.5 Å². The minimum absolute atomic E-state index is 0.295. The fraction of sp³-hybridized carbons (Fsp3) is 0.222. The zero-order chi connectivity index (χ0) is 19.3. The van der Waals surface area contributed by atoms with E-state index in [-0.39, 0.29) is 0 Å². The van der Waals surface area contributed by atoms with Gasteiger partial charge in [-0.2, -0.15) is 9.41 Å². The first kappa shape index (κ1) is 19.7. The van der Waals surface area contributed by atoms with Gasteiger partial charge in [0, 0.05) is 28.9 Å². The molecule has 0 atom stereocenters. The molecule has 0 saturated heterocycles. The maximum atomic E-state index is 12.5. The lowest BCUT2D eigenvalue weighted by Gasteiger charge is -2.18. The predicted molar refractivity (Wildman–Crippen MR) is 113 cm³/mol. The summed E-state index contributed by atoms with van der Waals surface area (Å²) in [7, 11) is -3.44. The Bertz CT molecular complexity index is 990. The van der Waals surface area contributed by atoms with Gasteiger partial charge in [-0.05, 0) is 23.6 Å². The molecule has 1 N–H and O–H groups in total. The van der Waals surface area contributed by atoms with E-state index in [1.54, 1.807) is 41.8 Å². The number of benzene rings is 1. The van der Waals surface area contributed by atoms with Crippen LogP contribution >= 0.6 is 22.7 Å². The van der Waals surface area contributed by atoms with Crippen LogP contribution in [0, 0.1) is 0 Å². The summed E-state index contributed by atoms with van der Waals surface area (Å²) in [6, 6.07) is 10.8. The summed E-state index contributed by atoms with van der Waals surface area (Å²) >= 11 is 3.05. The first-order valence-electron chi connectivity index (χ1n) is 8.43. The summed E-state index contributed by atoms with van der Waals surface area (Å²) in [6.45, 7) is 4.57. The molecule has 3 aromatic rings. The summed E-state index contributed by atoms with van der Waals surface area (Å²) in [5, 5.41) is 8.76. The van der Waals surface area contributed by atoms with Crippen LogP contribution < -0.4 is 5.43 Å². The first-order chi connectivity index (χ1) is 13.0. The summed E-state index contributed by atoms with van der Waals surface area (Å²) in [5.41, 5.74) is 4.56. The number of hydrogen-bond acceptors (Lipinski definition) is 7. The van der Waals surface area contributed by atoms with Crippen molar-refractivity contribution in [3.63, 3.8) is 0 Å². The van der Waals surface area contributed by atoms with Crippen molar-refractivity contribution in [2.75, 3.05) is 18.5 Å². The SMILES string of the molecule is CCN(CC)S(=O)(=O)c1ccc(-c2csc(NN=Cc3cccs3)n2)cc1. The van der Waals surface area contributed by atoms with E-state index < -0.39 is 10.0 Å². The molecule has 1 aromatic carbocycles. The monoisotopic (exact) mass is 420 g/mol. The number of nitrogens with one attached hydrogen (secondary N) is 1. The van der Waals surface area contributed by atoms with E-state index in [1.807, 2.05) is 36.7 Å². The zero-order valence-electron chi connectivity index (χ0n) is 15.0. The van der Waals surface area contributed by atoms with Crippen LogP contribution in [0.2, 0.25) is 0 Å². The largest absolute Gasteiger partial charge is 0.253 e. The van der Waals surface area contributed by atoms with Crippen LogP contribution in [0.25, 0.3) is 11.3 Å². The van der Waals surface area contributed by atoms with Gasteiger partial charge in [-0.1, -0.05) is 32.0 Å². The van der Waals surface area contributed by atoms with Gasteiger partial charge in [-0.25, -0.2) is 13.4 Å². The molecule has 0 saturated carbocycles. The Morgan fingerprint density at radius 3 is 2.52 bits per heavy atom. The molecular formula is C18H20N4O2S3. The van der Waals surface area contributed by atoms with Crippen LogP contribution in [0.4, 0.5) is 5.13 Å². The molecule has 0 aliphatic rings. The maximum absolute atomic E-state index is 12.5. The Labute approximate surface area is 167 Å². The molecule has 3 rings (SSSR count). The highest BCUT2D eigenvalue weighted by Crippen LogP contribution is 2.26. The number of thiazole rings is 1. The topological polar surface area (TPSA) is 74.7 Å². The van der Waals surface area contributed by atoms with Crippen molar-refractivity contribution in [2.24, 2.45) is 5.10 Å². The average molecular weight is 421 g/mol. The third-order valence-corrected chi connectivity index (χ3v) is 7.51. The Balaban J connectivity index is 1.71. The molecule has 9 heteroatoms. The van der Waals surface area contributed by atoms with Crippen LogP contribution in [-0.4, -0.2) is 37.0 Å². The average Bonchev–Trinajstić information content (AvgIpc) is 3.35. The van der Waals surface area contributed by atoms with Crippen molar-refractivity contribution in [2.45, 2.75) is 18.7 Å². The van der Waals surface area contributed by atoms with E-state index in [0.29, 0.717) is 23.1 Å². The van der Waals surface area contributed by atoms with Gasteiger partial charge in [-0.15, -0.1) is 22.7 Å². The second-order valence-corrected chi connectivity index (χ2v) is 9.31. The molecular weight excluding hydrogens is 400 g/mol. The van der Waals surface area contributed by atoms with Crippen molar-refractivity contribution in [1.29, 1.82) is 0 Å². The van der Waals surface area contributed by atoms with Gasteiger partial charge in [0.1, 0.15) is 0 Å². The standard InChI is InChI=1S/C18H20N4O2S3/c1-3-22(4-2)27(23,24)16-9-7-14(8-10-16)17-13-26-18(20-17)21-19-12-15-6-5-11-25-15/h5-13H,3-4H2,1-2H3,(H,20,21). The molecule has 142 valence electrons. The van der Waals surface area contributed by atoms with E-state index in [4.69, 9.17) is 0 Å². The van der Waals surface area contributed by atoms with Crippen LogP contribution in [0.1, 0.15) is 18.7 Å². The van der Waals surface area contributed by atoms with Gasteiger partial charge in [-0.3, -0.25) is 5.43 Å². The van der Waals surface area contributed by atoms with Crippen molar-refractivity contribution >= 4 is 44.0 Å². The molecule has 0 fully saturated rings. The molecule has 0 aliphatic carbocycles. The third kappa shape index (κ3) is 4.62. The Kier molecular flexibility index (Phi) is 6.38. The van der Waals surface area contributed by atoms with E-state index in [0.717, 1.165) is 16.1 Å². The highest BCUT2D eigenvalue weighted by atomic mass is 32.2. The summed E-state index contributed by atoms with van der Waals surface area (Å²) < 4.78 is 26.5. The molecule has 0 spiro atoms. The quantitative estimate of drug-likeness (QED) is 0.434. The number of sulfonamides is 1. The minimum Gasteiger partial charge on any atom is -0.253 e. The smallest absolute Gasteiger partial charge is 0.243 e. The highest BCUT2D eigenvalue weighted by Gasteiger charge is 2.21. The fourth-order valence-electron chi connectivity index (χ4n) is 2.48.